The van der Waals surface area contributed by atoms with E-state index in [-0.39, 0.29) is 35.7 Å². The molecular weight excluding hydrogens is 413 g/mol. The van der Waals surface area contributed by atoms with Gasteiger partial charge in [0.05, 0.1) is 0 Å². The highest BCUT2D eigenvalue weighted by Crippen LogP contribution is 2.35. The Hall–Kier alpha value is -2.85. The second-order valence-electron chi connectivity index (χ2n) is 7.90. The molecule has 2 fully saturated rings. The SMILES string of the molecule is C=CC(=O)NC1CCCC1Nc1nc(NC2CCCN(C(C)=O)C2)ncc1C(F)(F)F. The van der Waals surface area contributed by atoms with Gasteiger partial charge < -0.3 is 20.9 Å². The van der Waals surface area contributed by atoms with Crippen LogP contribution in [0.25, 0.3) is 0 Å². The molecule has 3 atom stereocenters. The summed E-state index contributed by atoms with van der Waals surface area (Å²) in [4.78, 5) is 32.9. The van der Waals surface area contributed by atoms with Crippen LogP contribution in [0.3, 0.4) is 0 Å². The quantitative estimate of drug-likeness (QED) is 0.588. The van der Waals surface area contributed by atoms with Gasteiger partial charge in [-0.3, -0.25) is 9.59 Å². The van der Waals surface area contributed by atoms with Crippen molar-refractivity contribution >= 4 is 23.6 Å². The predicted molar refractivity (Wildman–Crippen MR) is 109 cm³/mol. The fraction of sp³-hybridized carbons (Fsp3) is 0.600. The second-order valence-corrected chi connectivity index (χ2v) is 7.90. The number of amides is 2. The monoisotopic (exact) mass is 440 g/mol. The molecule has 2 amide bonds. The number of hydrogen-bond donors (Lipinski definition) is 3. The Labute approximate surface area is 178 Å². The number of carbonyl (C=O) groups excluding carboxylic acids is 2. The third-order valence-electron chi connectivity index (χ3n) is 5.65. The van der Waals surface area contributed by atoms with Crippen molar-refractivity contribution < 1.29 is 22.8 Å². The van der Waals surface area contributed by atoms with Crippen molar-refractivity contribution in [1.82, 2.24) is 20.2 Å². The molecule has 170 valence electrons. The highest BCUT2D eigenvalue weighted by atomic mass is 19.4. The van der Waals surface area contributed by atoms with Crippen LogP contribution in [0.2, 0.25) is 0 Å². The van der Waals surface area contributed by atoms with Gasteiger partial charge in [0.15, 0.2) is 0 Å². The van der Waals surface area contributed by atoms with Crippen molar-refractivity contribution in [2.75, 3.05) is 23.7 Å². The van der Waals surface area contributed by atoms with Gasteiger partial charge in [0, 0.05) is 44.3 Å². The number of piperidine rings is 1. The molecule has 3 rings (SSSR count). The number of likely N-dealkylation sites (tertiary alicyclic amines) is 1. The molecule has 1 aliphatic heterocycles. The van der Waals surface area contributed by atoms with E-state index in [9.17, 15) is 22.8 Å². The molecule has 0 aromatic carbocycles. The van der Waals surface area contributed by atoms with Crippen LogP contribution in [-0.4, -0.2) is 57.9 Å². The number of carbonyl (C=O) groups is 2. The van der Waals surface area contributed by atoms with Crippen molar-refractivity contribution in [2.45, 2.75) is 63.3 Å². The Morgan fingerprint density at radius 2 is 1.94 bits per heavy atom. The minimum absolute atomic E-state index is 0.0453. The summed E-state index contributed by atoms with van der Waals surface area (Å²) in [5.74, 6) is -0.673. The molecule has 1 saturated heterocycles. The van der Waals surface area contributed by atoms with Crippen LogP contribution in [0.1, 0.15) is 44.6 Å². The smallest absolute Gasteiger partial charge is 0.365 e. The van der Waals surface area contributed by atoms with Gasteiger partial charge in [0.2, 0.25) is 17.8 Å². The number of alkyl halides is 3. The van der Waals surface area contributed by atoms with Gasteiger partial charge in [-0.25, -0.2) is 4.98 Å². The van der Waals surface area contributed by atoms with E-state index in [0.29, 0.717) is 25.9 Å². The maximum Gasteiger partial charge on any atom is 0.421 e. The van der Waals surface area contributed by atoms with E-state index in [1.807, 2.05) is 0 Å². The van der Waals surface area contributed by atoms with Crippen LogP contribution in [-0.2, 0) is 15.8 Å². The number of nitrogens with zero attached hydrogens (tertiary/aromatic N) is 3. The molecule has 1 aromatic rings. The number of rotatable bonds is 6. The number of anilines is 2. The maximum atomic E-state index is 13.5. The highest BCUT2D eigenvalue weighted by Gasteiger charge is 2.37. The summed E-state index contributed by atoms with van der Waals surface area (Å²) in [6.07, 6.45) is 0.828. The van der Waals surface area contributed by atoms with Crippen molar-refractivity contribution in [3.8, 4) is 0 Å². The Morgan fingerprint density at radius 3 is 2.61 bits per heavy atom. The number of hydrogen-bond acceptors (Lipinski definition) is 6. The van der Waals surface area contributed by atoms with Crippen LogP contribution >= 0.6 is 0 Å². The summed E-state index contributed by atoms with van der Waals surface area (Å²) in [7, 11) is 0. The second kappa shape index (κ2) is 9.52. The van der Waals surface area contributed by atoms with E-state index in [1.54, 1.807) is 4.90 Å². The number of nitrogens with one attached hydrogen (secondary N) is 3. The summed E-state index contributed by atoms with van der Waals surface area (Å²) < 4.78 is 40.6. The summed E-state index contributed by atoms with van der Waals surface area (Å²) in [5, 5.41) is 8.69. The first-order chi connectivity index (χ1) is 14.7. The van der Waals surface area contributed by atoms with Crippen LogP contribution < -0.4 is 16.0 Å². The summed E-state index contributed by atoms with van der Waals surface area (Å²) in [6, 6.07) is -0.857. The van der Waals surface area contributed by atoms with Crippen molar-refractivity contribution in [2.24, 2.45) is 0 Å². The first kappa shape index (κ1) is 22.8. The van der Waals surface area contributed by atoms with Crippen LogP contribution in [0, 0.1) is 0 Å². The van der Waals surface area contributed by atoms with E-state index in [2.05, 4.69) is 32.5 Å². The molecule has 1 aromatic heterocycles. The van der Waals surface area contributed by atoms with Gasteiger partial charge in [-0.2, -0.15) is 18.2 Å². The van der Waals surface area contributed by atoms with Gasteiger partial charge in [-0.15, -0.1) is 0 Å². The molecule has 1 saturated carbocycles. The maximum absolute atomic E-state index is 13.5. The van der Waals surface area contributed by atoms with Crippen molar-refractivity contribution in [1.29, 1.82) is 0 Å². The molecule has 2 heterocycles. The third-order valence-corrected chi connectivity index (χ3v) is 5.65. The molecule has 8 nitrogen and oxygen atoms in total. The van der Waals surface area contributed by atoms with Gasteiger partial charge in [0.1, 0.15) is 11.4 Å². The average molecular weight is 440 g/mol. The Balaban J connectivity index is 1.78. The lowest BCUT2D eigenvalue weighted by Crippen LogP contribution is -2.44. The largest absolute Gasteiger partial charge is 0.421 e. The van der Waals surface area contributed by atoms with Crippen molar-refractivity contribution in [3.05, 3.63) is 24.4 Å². The molecule has 0 radical (unpaired) electrons. The molecule has 3 N–H and O–H groups in total. The fourth-order valence-electron chi connectivity index (χ4n) is 4.06. The minimum Gasteiger partial charge on any atom is -0.365 e. The van der Waals surface area contributed by atoms with Crippen LogP contribution in [0.5, 0.6) is 0 Å². The van der Waals surface area contributed by atoms with Gasteiger partial charge in [-0.1, -0.05) is 6.58 Å². The first-order valence-electron chi connectivity index (χ1n) is 10.3. The molecule has 31 heavy (non-hydrogen) atoms. The Kier molecular flexibility index (Phi) is 7.01. The Morgan fingerprint density at radius 1 is 1.19 bits per heavy atom. The first-order valence-corrected chi connectivity index (χ1v) is 10.3. The van der Waals surface area contributed by atoms with E-state index < -0.39 is 17.8 Å². The van der Waals surface area contributed by atoms with Gasteiger partial charge in [-0.05, 0) is 38.2 Å². The van der Waals surface area contributed by atoms with E-state index in [1.165, 1.54) is 6.92 Å². The zero-order valence-electron chi connectivity index (χ0n) is 17.3. The summed E-state index contributed by atoms with van der Waals surface area (Å²) in [5.41, 5.74) is -0.965. The van der Waals surface area contributed by atoms with Crippen LogP contribution in [0.4, 0.5) is 24.9 Å². The van der Waals surface area contributed by atoms with Gasteiger partial charge >= 0.3 is 6.18 Å². The zero-order valence-corrected chi connectivity index (χ0v) is 17.3. The molecule has 2 aliphatic rings. The normalized spacial score (nSPS) is 23.9. The summed E-state index contributed by atoms with van der Waals surface area (Å²) >= 11 is 0. The summed E-state index contributed by atoms with van der Waals surface area (Å²) in [6.45, 7) is 6.00. The van der Waals surface area contributed by atoms with E-state index in [0.717, 1.165) is 31.5 Å². The van der Waals surface area contributed by atoms with Crippen molar-refractivity contribution in [3.63, 3.8) is 0 Å². The molecule has 0 spiro atoms. The van der Waals surface area contributed by atoms with Crippen LogP contribution in [0.15, 0.2) is 18.9 Å². The molecule has 0 bridgehead atoms. The third kappa shape index (κ3) is 5.86. The lowest BCUT2D eigenvalue weighted by atomic mass is 10.1. The Bertz CT molecular complexity index is 832. The molecule has 1 aliphatic carbocycles. The number of aromatic nitrogens is 2. The zero-order chi connectivity index (χ0) is 22.6. The van der Waals surface area contributed by atoms with Gasteiger partial charge in [0.25, 0.3) is 0 Å². The lowest BCUT2D eigenvalue weighted by Gasteiger charge is -2.32. The minimum atomic E-state index is -4.63. The highest BCUT2D eigenvalue weighted by molar-refractivity contribution is 5.87. The molecule has 3 unspecified atom stereocenters. The molecular formula is C20H27F3N6O2. The predicted octanol–water partition coefficient (Wildman–Crippen LogP) is 2.55. The lowest BCUT2D eigenvalue weighted by molar-refractivity contribution is -0.137. The standard InChI is InChI=1S/C20H27F3N6O2/c1-3-17(31)26-15-7-4-8-16(15)27-18-14(20(21,22)23)10-24-19(28-18)25-13-6-5-9-29(11-13)12(2)30/h3,10,13,15-16H,1,4-9,11H2,2H3,(H,26,31)(H2,24,25,27,28). The van der Waals surface area contributed by atoms with E-state index >= 15 is 0 Å². The number of halogens is 3. The fourth-order valence-corrected chi connectivity index (χ4v) is 4.06. The van der Waals surface area contributed by atoms with E-state index in [4.69, 9.17) is 0 Å². The molecule has 11 heteroatoms. The topological polar surface area (TPSA) is 99.2 Å². The average Bonchev–Trinajstić information content (AvgIpc) is 3.13.